The van der Waals surface area contributed by atoms with Crippen molar-refractivity contribution in [2.45, 2.75) is 98.7 Å². The number of sulfonamides is 2. The lowest BCUT2D eigenvalue weighted by Gasteiger charge is -2.31. The Bertz CT molecular complexity index is 4230. The van der Waals surface area contributed by atoms with Crippen molar-refractivity contribution in [3.8, 4) is 17.2 Å². The molecular weight excluding hydrogens is 1350 g/mol. The van der Waals surface area contributed by atoms with E-state index in [2.05, 4.69) is 45.5 Å². The maximum atomic E-state index is 13.4. The fourth-order valence-electron chi connectivity index (χ4n) is 8.38. The van der Waals surface area contributed by atoms with Crippen molar-refractivity contribution in [1.82, 2.24) is 49.4 Å². The summed E-state index contributed by atoms with van der Waals surface area (Å²) in [6, 6.07) is 26.5. The second-order valence-corrected chi connectivity index (χ2v) is 25.2. The van der Waals surface area contributed by atoms with Gasteiger partial charge in [-0.2, -0.15) is 14.9 Å². The Hall–Kier alpha value is -6.84. The van der Waals surface area contributed by atoms with Crippen molar-refractivity contribution in [2.75, 3.05) is 0 Å². The van der Waals surface area contributed by atoms with Gasteiger partial charge in [0.1, 0.15) is 23.0 Å². The number of aromatic amines is 3. The van der Waals surface area contributed by atoms with Crippen molar-refractivity contribution in [1.29, 1.82) is 0 Å². The highest BCUT2D eigenvalue weighted by Gasteiger charge is 2.35. The molecule has 2 aliphatic carbocycles. The largest absolute Gasteiger partial charge is 0.486 e. The number of pyridine rings is 2. The van der Waals surface area contributed by atoms with E-state index in [1.54, 1.807) is 27.2 Å². The van der Waals surface area contributed by atoms with Crippen molar-refractivity contribution in [3.05, 3.63) is 221 Å². The Morgan fingerprint density at radius 2 is 1.03 bits per heavy atom. The molecule has 4 heterocycles. The molecule has 0 amide bonds. The van der Waals surface area contributed by atoms with E-state index in [4.69, 9.17) is 55.9 Å². The zero-order chi connectivity index (χ0) is 62.9. The summed E-state index contributed by atoms with van der Waals surface area (Å²) in [7, 11) is -8.02. The van der Waals surface area contributed by atoms with Crippen LogP contribution in [0.3, 0.4) is 0 Å². The Labute approximate surface area is 527 Å². The fraction of sp³-hybridized carbons (Fsp3) is 0.259. The average Bonchev–Trinajstić information content (AvgIpc) is 1.35. The minimum atomic E-state index is -4.10. The smallest absolute Gasteiger partial charge is 0.349 e. The van der Waals surface area contributed by atoms with Crippen molar-refractivity contribution >= 4 is 90.8 Å². The number of nitrogens with zero attached hydrogens (tertiary/aromatic N) is 5. The number of aromatic nitrogens is 8. The Kier molecular flexibility index (Phi) is 23.5. The van der Waals surface area contributed by atoms with Crippen LogP contribution in [-0.2, 0) is 46.1 Å². The SMILES string of the molecule is O=S(=O)(NC1CC(O)C1)c1cc(Cc2c(Cl)cc(Br)cc2Cl)ncc1OCc1ccccc1.O=c1[nH]c(=O)n(-c2cc(Cl)c(Cc3cc(S(=O)(=O)NC4CC(O)C4)c(OCc4ccccc4)cn3)c(Cl)c2)nc1C(F)F.O=c1[nH]nc(C(F)F)c(=O)[nH]1.[B]. The topological polar surface area (TPSA) is 323 Å². The van der Waals surface area contributed by atoms with Crippen molar-refractivity contribution < 1.29 is 54.1 Å². The van der Waals surface area contributed by atoms with Gasteiger partial charge >= 0.3 is 11.4 Å². The quantitative estimate of drug-likeness (QED) is 0.0302. The number of nitrogens with one attached hydrogen (secondary N) is 5. The van der Waals surface area contributed by atoms with Crippen LogP contribution < -0.4 is 41.4 Å². The molecule has 88 heavy (non-hydrogen) atoms. The third-order valence-corrected chi connectivity index (χ3v) is 17.8. The molecule has 4 aromatic heterocycles. The number of benzene rings is 4. The number of hydrogen-bond acceptors (Lipinski definition) is 16. The van der Waals surface area contributed by atoms with Gasteiger partial charge in [-0.15, -0.1) is 0 Å². The second-order valence-electron chi connectivity index (χ2n) is 19.3. The zero-order valence-electron chi connectivity index (χ0n) is 45.0. The summed E-state index contributed by atoms with van der Waals surface area (Å²) in [6.07, 6.45) is -3.10. The number of halogens is 9. The summed E-state index contributed by atoms with van der Waals surface area (Å²) in [5.41, 5.74) is -3.33. The molecule has 34 heteroatoms. The molecule has 3 radical (unpaired) electrons. The number of H-pyrrole nitrogens is 3. The van der Waals surface area contributed by atoms with Gasteiger partial charge in [0.2, 0.25) is 20.0 Å². The fourth-order valence-corrected chi connectivity index (χ4v) is 13.2. The molecule has 0 aliphatic heterocycles. The van der Waals surface area contributed by atoms with E-state index in [9.17, 15) is 63.8 Å². The summed E-state index contributed by atoms with van der Waals surface area (Å²) >= 11 is 29.0. The van der Waals surface area contributed by atoms with Crippen molar-refractivity contribution in [3.63, 3.8) is 0 Å². The van der Waals surface area contributed by atoms with Crippen molar-refractivity contribution in [2.24, 2.45) is 0 Å². The van der Waals surface area contributed by atoms with Crippen LogP contribution in [-0.4, -0.2) is 99.7 Å². The van der Waals surface area contributed by atoms with E-state index in [1.165, 1.54) is 36.7 Å². The first-order valence-corrected chi connectivity index (χ1v) is 30.8. The highest BCUT2D eigenvalue weighted by atomic mass is 79.9. The predicted molar refractivity (Wildman–Crippen MR) is 320 cm³/mol. The maximum Gasteiger partial charge on any atom is 0.349 e. The first kappa shape index (κ1) is 68.7. The van der Waals surface area contributed by atoms with Gasteiger partial charge in [-0.3, -0.25) is 29.5 Å². The van der Waals surface area contributed by atoms with Gasteiger partial charge in [0.05, 0.1) is 30.3 Å². The van der Waals surface area contributed by atoms with Gasteiger partial charge in [-0.05, 0) is 84.3 Å². The summed E-state index contributed by atoms with van der Waals surface area (Å²) in [4.78, 5) is 56.5. The second kappa shape index (κ2) is 30.1. The first-order valence-electron chi connectivity index (χ1n) is 25.6. The molecule has 0 unspecified atom stereocenters. The van der Waals surface area contributed by atoms with E-state index >= 15 is 0 Å². The summed E-state index contributed by atoms with van der Waals surface area (Å²) in [6.45, 7) is 0.272. The molecule has 463 valence electrons. The molecule has 0 saturated heterocycles. The Morgan fingerprint density at radius 3 is 1.43 bits per heavy atom. The molecule has 2 fully saturated rings. The molecule has 0 spiro atoms. The molecule has 2 aliphatic rings. The molecule has 7 N–H and O–H groups in total. The predicted octanol–water partition coefficient (Wildman–Crippen LogP) is 7.67. The van der Waals surface area contributed by atoms with Gasteiger partial charge in [-0.1, -0.05) is 123 Å². The number of alkyl halides is 4. The summed E-state index contributed by atoms with van der Waals surface area (Å²) < 4.78 is 121. The molecule has 4 aromatic carbocycles. The lowest BCUT2D eigenvalue weighted by Crippen LogP contribution is -2.46. The third kappa shape index (κ3) is 17.9. The van der Waals surface area contributed by atoms with E-state index in [0.717, 1.165) is 15.6 Å². The number of rotatable bonds is 19. The maximum absolute atomic E-state index is 13.4. The van der Waals surface area contributed by atoms with Gasteiger partial charge in [0, 0.05) is 69.3 Å². The van der Waals surface area contributed by atoms with Gasteiger partial charge in [0.25, 0.3) is 24.0 Å². The minimum absolute atomic E-state index is 0. The molecule has 0 atom stereocenters. The normalized spacial score (nSPS) is 16.2. The van der Waals surface area contributed by atoms with E-state index in [1.807, 2.05) is 60.7 Å². The standard InChI is InChI=1S/C27H23Cl2F2N5O6S.C23H21BrCl2N2O4S.C4H3F2N3O2.B/c28-20-10-17(36-27(39)33-26(38)24(34-36)25(30)31)11-21(29)19(20)8-15-9-23(43(40,41)35-16-6-18(37)7-16)22(12-32-15)42-13-14-4-2-1-3-5-14;24-15-6-20(25)19(21(26)7-15)10-16-11-23(33(30,31)28-17-8-18(29)9-17)22(12-27-16)32-13-14-4-2-1-3-5-14;5-2(6)1-3(10)7-4(11)9-8-1;/h1-5,9-12,16,18,25,35,37H,6-8,13H2,(H,33,38,39);1-7,11-12,17-18,28-29H,8-10,13H2;2H,(H2,7,9,10,11);. The van der Waals surface area contributed by atoms with Crippen LogP contribution in [0.15, 0.2) is 143 Å². The first-order chi connectivity index (χ1) is 41.2. The van der Waals surface area contributed by atoms with Crippen LogP contribution in [0.25, 0.3) is 5.69 Å². The van der Waals surface area contributed by atoms with Crippen LogP contribution in [0.5, 0.6) is 11.5 Å². The lowest BCUT2D eigenvalue weighted by molar-refractivity contribution is 0.0707. The van der Waals surface area contributed by atoms with E-state index in [0.29, 0.717) is 44.4 Å². The lowest BCUT2D eigenvalue weighted by atomic mass is 9.91. The highest BCUT2D eigenvalue weighted by molar-refractivity contribution is 9.10. The molecular formula is C54H47BBrCl4F4N10O12S2. The molecule has 0 bridgehead atoms. The minimum Gasteiger partial charge on any atom is -0.486 e. The number of hydrogen-bond donors (Lipinski definition) is 7. The number of aliphatic hydroxyl groups excluding tert-OH is 2. The third-order valence-electron chi connectivity index (χ3n) is 12.9. The van der Waals surface area contributed by atoms with Crippen LogP contribution in [0.1, 0.15) is 83.6 Å². The highest BCUT2D eigenvalue weighted by Crippen LogP contribution is 2.35. The molecule has 22 nitrogen and oxygen atoms in total. The van der Waals surface area contributed by atoms with E-state index in [-0.39, 0.29) is 96.1 Å². The Morgan fingerprint density at radius 1 is 0.625 bits per heavy atom. The van der Waals surface area contributed by atoms with Crippen LogP contribution in [0, 0.1) is 0 Å². The molecule has 10 rings (SSSR count). The summed E-state index contributed by atoms with van der Waals surface area (Å²) in [5.74, 6) is 0.147. The Balaban J connectivity index is 0.000000216. The van der Waals surface area contributed by atoms with Gasteiger partial charge in [-0.25, -0.2) is 58.5 Å². The monoisotopic (exact) mass is 1400 g/mol. The number of ether oxygens (including phenoxy) is 2. The average molecular weight is 1400 g/mol. The van der Waals surface area contributed by atoms with Crippen LogP contribution in [0.4, 0.5) is 17.6 Å². The molecule has 2 saturated carbocycles. The van der Waals surface area contributed by atoms with Crippen LogP contribution >= 0.6 is 62.3 Å². The summed E-state index contributed by atoms with van der Waals surface area (Å²) in [5, 5.41) is 28.0. The number of aliphatic hydroxyl groups is 2. The van der Waals surface area contributed by atoms with Gasteiger partial charge in [0.15, 0.2) is 22.9 Å². The van der Waals surface area contributed by atoms with Crippen LogP contribution in [0.2, 0.25) is 20.1 Å². The molecule has 8 aromatic rings. The zero-order valence-corrected chi connectivity index (χ0v) is 51.3. The van der Waals surface area contributed by atoms with E-state index < -0.39 is 85.0 Å². The van der Waals surface area contributed by atoms with Gasteiger partial charge < -0.3 is 19.7 Å².